The lowest BCUT2D eigenvalue weighted by molar-refractivity contribution is -0.121. The van der Waals surface area contributed by atoms with Gasteiger partial charge in [0.2, 0.25) is 11.8 Å². The number of aromatic nitrogens is 1. The molecular weight excluding hydrogens is 312 g/mol. The van der Waals surface area contributed by atoms with Crippen LogP contribution in [0.5, 0.6) is 0 Å². The summed E-state index contributed by atoms with van der Waals surface area (Å²) in [5.41, 5.74) is 1.43. The quantitative estimate of drug-likeness (QED) is 0.729. The minimum absolute atomic E-state index is 0.109. The van der Waals surface area contributed by atoms with E-state index in [1.807, 2.05) is 47.8 Å². The van der Waals surface area contributed by atoms with Crippen molar-refractivity contribution in [3.05, 3.63) is 65.4 Å². The molecule has 5 nitrogen and oxygen atoms in total. The Morgan fingerprint density at radius 2 is 2.09 bits per heavy atom. The number of nitrogens with zero attached hydrogens (tertiary/aromatic N) is 1. The monoisotopic (exact) mass is 328 g/mol. The Morgan fingerprint density at radius 3 is 2.78 bits per heavy atom. The SMILES string of the molecule is O=C(Cc1coc(-c2cccs2)n1)N[C@H](CO)c1ccccc1. The zero-order chi connectivity index (χ0) is 16.1. The fourth-order valence-electron chi connectivity index (χ4n) is 2.23. The number of hydrogen-bond acceptors (Lipinski definition) is 5. The number of aliphatic hydroxyl groups is 1. The van der Waals surface area contributed by atoms with Gasteiger partial charge >= 0.3 is 0 Å². The topological polar surface area (TPSA) is 75.4 Å². The van der Waals surface area contributed by atoms with Crippen LogP contribution in [0.25, 0.3) is 10.8 Å². The molecule has 0 saturated carbocycles. The van der Waals surface area contributed by atoms with Crippen molar-refractivity contribution in [2.24, 2.45) is 0 Å². The van der Waals surface area contributed by atoms with Crippen molar-refractivity contribution in [2.45, 2.75) is 12.5 Å². The lowest BCUT2D eigenvalue weighted by atomic mass is 10.1. The average Bonchev–Trinajstić information content (AvgIpc) is 3.24. The molecule has 0 aliphatic carbocycles. The first kappa shape index (κ1) is 15.5. The number of carbonyl (C=O) groups is 1. The predicted octanol–water partition coefficient (Wildman–Crippen LogP) is 2.80. The van der Waals surface area contributed by atoms with E-state index in [2.05, 4.69) is 10.3 Å². The Hall–Kier alpha value is -2.44. The normalized spacial score (nSPS) is 12.0. The second-order valence-electron chi connectivity index (χ2n) is 5.01. The third kappa shape index (κ3) is 3.85. The van der Waals surface area contributed by atoms with Gasteiger partial charge in [-0.25, -0.2) is 4.98 Å². The van der Waals surface area contributed by atoms with Crippen LogP contribution in [0.4, 0.5) is 0 Å². The van der Waals surface area contributed by atoms with Crippen LogP contribution in [0.2, 0.25) is 0 Å². The molecule has 2 heterocycles. The van der Waals surface area contributed by atoms with Gasteiger partial charge in [0.05, 0.1) is 29.6 Å². The van der Waals surface area contributed by atoms with Crippen LogP contribution >= 0.6 is 11.3 Å². The summed E-state index contributed by atoms with van der Waals surface area (Å²) >= 11 is 1.53. The summed E-state index contributed by atoms with van der Waals surface area (Å²) in [7, 11) is 0. The summed E-state index contributed by atoms with van der Waals surface area (Å²) in [6.45, 7) is -0.158. The summed E-state index contributed by atoms with van der Waals surface area (Å²) < 4.78 is 5.40. The van der Waals surface area contributed by atoms with Gasteiger partial charge in [0.15, 0.2) is 0 Å². The highest BCUT2D eigenvalue weighted by molar-refractivity contribution is 7.13. The molecule has 1 aromatic carbocycles. The molecular formula is C17H16N2O3S. The van der Waals surface area contributed by atoms with Crippen LogP contribution in [0.15, 0.2) is 58.5 Å². The minimum Gasteiger partial charge on any atom is -0.444 e. The second kappa shape index (κ2) is 7.21. The molecule has 0 aliphatic rings. The molecule has 0 fully saturated rings. The van der Waals surface area contributed by atoms with E-state index >= 15 is 0 Å². The molecule has 0 aliphatic heterocycles. The van der Waals surface area contributed by atoms with Gasteiger partial charge in [-0.1, -0.05) is 36.4 Å². The van der Waals surface area contributed by atoms with Crippen molar-refractivity contribution in [2.75, 3.05) is 6.61 Å². The molecule has 118 valence electrons. The molecule has 1 amide bonds. The van der Waals surface area contributed by atoms with Gasteiger partial charge in [-0.2, -0.15) is 0 Å². The maximum absolute atomic E-state index is 12.1. The molecule has 0 bridgehead atoms. The lowest BCUT2D eigenvalue weighted by Gasteiger charge is -2.16. The number of thiophene rings is 1. The number of aliphatic hydroxyl groups excluding tert-OH is 1. The highest BCUT2D eigenvalue weighted by Gasteiger charge is 2.16. The number of nitrogens with one attached hydrogen (secondary N) is 1. The van der Waals surface area contributed by atoms with Crippen molar-refractivity contribution >= 4 is 17.2 Å². The van der Waals surface area contributed by atoms with Gasteiger partial charge in [-0.05, 0) is 17.0 Å². The predicted molar refractivity (Wildman–Crippen MR) is 87.9 cm³/mol. The zero-order valence-electron chi connectivity index (χ0n) is 12.3. The molecule has 2 aromatic heterocycles. The largest absolute Gasteiger partial charge is 0.444 e. The molecule has 1 atom stereocenters. The standard InChI is InChI=1S/C17H16N2O3S/c20-10-14(12-5-2-1-3-6-12)19-16(21)9-13-11-22-17(18-13)15-7-4-8-23-15/h1-8,11,14,20H,9-10H2,(H,19,21)/t14-/m1/s1. The zero-order valence-corrected chi connectivity index (χ0v) is 13.1. The highest BCUT2D eigenvalue weighted by atomic mass is 32.1. The summed E-state index contributed by atoms with van der Waals surface area (Å²) in [5.74, 6) is 0.309. The molecule has 0 unspecified atom stereocenters. The number of amides is 1. The molecule has 23 heavy (non-hydrogen) atoms. The number of oxazole rings is 1. The first-order valence-corrected chi connectivity index (χ1v) is 8.07. The van der Waals surface area contributed by atoms with E-state index in [4.69, 9.17) is 4.42 Å². The fourth-order valence-corrected chi connectivity index (χ4v) is 2.89. The van der Waals surface area contributed by atoms with Crippen LogP contribution in [0.1, 0.15) is 17.3 Å². The Morgan fingerprint density at radius 1 is 1.26 bits per heavy atom. The third-order valence-electron chi connectivity index (χ3n) is 3.35. The Labute approximate surface area is 137 Å². The number of benzene rings is 1. The summed E-state index contributed by atoms with van der Waals surface area (Å²) in [6, 6.07) is 12.8. The van der Waals surface area contributed by atoms with Crippen LogP contribution in [-0.2, 0) is 11.2 Å². The first-order valence-electron chi connectivity index (χ1n) is 7.19. The van der Waals surface area contributed by atoms with Crippen LogP contribution < -0.4 is 5.32 Å². The Balaban J connectivity index is 1.63. The van der Waals surface area contributed by atoms with E-state index in [9.17, 15) is 9.90 Å². The molecule has 0 radical (unpaired) electrons. The highest BCUT2D eigenvalue weighted by Crippen LogP contribution is 2.23. The summed E-state index contributed by atoms with van der Waals surface area (Å²) in [4.78, 5) is 17.4. The molecule has 3 aromatic rings. The average molecular weight is 328 g/mol. The Kier molecular flexibility index (Phi) is 4.85. The molecule has 2 N–H and O–H groups in total. The second-order valence-corrected chi connectivity index (χ2v) is 5.96. The van der Waals surface area contributed by atoms with E-state index in [-0.39, 0.29) is 18.9 Å². The lowest BCUT2D eigenvalue weighted by Crippen LogP contribution is -2.32. The number of hydrogen-bond donors (Lipinski definition) is 2. The maximum atomic E-state index is 12.1. The number of rotatable bonds is 6. The maximum Gasteiger partial charge on any atom is 0.236 e. The first-order chi connectivity index (χ1) is 11.3. The molecule has 0 saturated heterocycles. The molecule has 3 rings (SSSR count). The van der Waals surface area contributed by atoms with E-state index in [0.717, 1.165) is 10.4 Å². The molecule has 6 heteroatoms. The number of carbonyl (C=O) groups excluding carboxylic acids is 1. The van der Waals surface area contributed by atoms with Crippen molar-refractivity contribution in [1.82, 2.24) is 10.3 Å². The van der Waals surface area contributed by atoms with E-state index in [1.54, 1.807) is 0 Å². The summed E-state index contributed by atoms with van der Waals surface area (Å²) in [5, 5.41) is 14.2. The van der Waals surface area contributed by atoms with Gasteiger partial charge in [-0.15, -0.1) is 11.3 Å². The van der Waals surface area contributed by atoms with Crippen LogP contribution in [0, 0.1) is 0 Å². The minimum atomic E-state index is -0.424. The van der Waals surface area contributed by atoms with Crippen molar-refractivity contribution in [1.29, 1.82) is 0 Å². The van der Waals surface area contributed by atoms with E-state index < -0.39 is 6.04 Å². The van der Waals surface area contributed by atoms with Crippen molar-refractivity contribution < 1.29 is 14.3 Å². The fraction of sp³-hybridized carbons (Fsp3) is 0.176. The van der Waals surface area contributed by atoms with Crippen molar-refractivity contribution in [3.8, 4) is 10.8 Å². The van der Waals surface area contributed by atoms with Crippen LogP contribution in [-0.4, -0.2) is 22.6 Å². The van der Waals surface area contributed by atoms with Gasteiger partial charge in [-0.3, -0.25) is 4.79 Å². The Bertz CT molecular complexity index is 753. The molecule has 0 spiro atoms. The van der Waals surface area contributed by atoms with E-state index in [1.165, 1.54) is 17.6 Å². The summed E-state index contributed by atoms with van der Waals surface area (Å²) in [6.07, 6.45) is 1.60. The van der Waals surface area contributed by atoms with Crippen LogP contribution in [0.3, 0.4) is 0 Å². The van der Waals surface area contributed by atoms with Gasteiger partial charge in [0.1, 0.15) is 6.26 Å². The third-order valence-corrected chi connectivity index (χ3v) is 4.20. The van der Waals surface area contributed by atoms with Gasteiger partial charge in [0.25, 0.3) is 0 Å². The smallest absolute Gasteiger partial charge is 0.236 e. The van der Waals surface area contributed by atoms with E-state index in [0.29, 0.717) is 11.6 Å². The van der Waals surface area contributed by atoms with Gasteiger partial charge < -0.3 is 14.8 Å². The van der Waals surface area contributed by atoms with Crippen molar-refractivity contribution in [3.63, 3.8) is 0 Å². The van der Waals surface area contributed by atoms with Gasteiger partial charge in [0, 0.05) is 0 Å².